The maximum atomic E-state index is 12.9. The van der Waals surface area contributed by atoms with Gasteiger partial charge in [-0.3, -0.25) is 0 Å². The summed E-state index contributed by atoms with van der Waals surface area (Å²) in [6.45, 7) is 0.497. The average molecular weight is 237 g/mol. The lowest BCUT2D eigenvalue weighted by atomic mass is 10.1. The predicted molar refractivity (Wildman–Crippen MR) is 67.1 cm³/mol. The van der Waals surface area contributed by atoms with Crippen LogP contribution in [0.15, 0.2) is 18.2 Å². The summed E-state index contributed by atoms with van der Waals surface area (Å²) in [5.41, 5.74) is 7.12. The fourth-order valence-electron chi connectivity index (χ4n) is 2.31. The highest BCUT2D eigenvalue weighted by Gasteiger charge is 2.13. The summed E-state index contributed by atoms with van der Waals surface area (Å²) in [5.74, 6) is -0.291. The van der Waals surface area contributed by atoms with Crippen LogP contribution in [0, 0.1) is 5.82 Å². The molecule has 1 aromatic rings. The van der Waals surface area contributed by atoms with Crippen LogP contribution in [0.3, 0.4) is 0 Å². The van der Waals surface area contributed by atoms with Crippen molar-refractivity contribution >= 4 is 5.69 Å². The van der Waals surface area contributed by atoms with Crippen molar-refractivity contribution in [1.82, 2.24) is 0 Å². The maximum Gasteiger partial charge on any atom is 0.125 e. The zero-order chi connectivity index (χ0) is 12.1. The minimum Gasteiger partial charge on any atom is -0.398 e. The molecule has 1 aliphatic carbocycles. The quantitative estimate of drug-likeness (QED) is 0.643. The van der Waals surface area contributed by atoms with Crippen LogP contribution >= 0.6 is 0 Å². The molecule has 0 unspecified atom stereocenters. The number of hydrogen-bond acceptors (Lipinski definition) is 2. The molecule has 0 amide bonds. The molecule has 2 rings (SSSR count). The fraction of sp³-hybridized carbons (Fsp3) is 0.571. The Labute approximate surface area is 102 Å². The summed E-state index contributed by atoms with van der Waals surface area (Å²) in [6, 6.07) is 4.50. The largest absolute Gasteiger partial charge is 0.398 e. The predicted octanol–water partition coefficient (Wildman–Crippen LogP) is 3.65. The van der Waals surface area contributed by atoms with Crippen LogP contribution in [-0.4, -0.2) is 6.10 Å². The van der Waals surface area contributed by atoms with Crippen molar-refractivity contribution in [2.24, 2.45) is 0 Å². The number of halogens is 1. The summed E-state index contributed by atoms with van der Waals surface area (Å²) >= 11 is 0. The Hall–Kier alpha value is -1.09. The zero-order valence-corrected chi connectivity index (χ0v) is 10.1. The first kappa shape index (κ1) is 12.4. The van der Waals surface area contributed by atoms with Crippen LogP contribution in [0.25, 0.3) is 0 Å². The van der Waals surface area contributed by atoms with Gasteiger partial charge < -0.3 is 10.5 Å². The molecule has 0 spiro atoms. The topological polar surface area (TPSA) is 35.2 Å². The molecule has 17 heavy (non-hydrogen) atoms. The Kier molecular flexibility index (Phi) is 4.37. The molecule has 0 aliphatic heterocycles. The Morgan fingerprint density at radius 2 is 1.88 bits per heavy atom. The number of rotatable bonds is 3. The first-order valence-electron chi connectivity index (χ1n) is 6.41. The van der Waals surface area contributed by atoms with Crippen molar-refractivity contribution in [3.63, 3.8) is 0 Å². The Bertz CT molecular complexity index is 359. The number of nitrogens with two attached hydrogens (primary N) is 1. The molecule has 3 heteroatoms. The SMILES string of the molecule is Nc1cc(F)ccc1COC1CCCCCC1. The normalized spacial score (nSPS) is 17.9. The molecule has 0 radical (unpaired) electrons. The van der Waals surface area contributed by atoms with Crippen molar-refractivity contribution in [2.45, 2.75) is 51.2 Å². The number of hydrogen-bond donors (Lipinski definition) is 1. The lowest BCUT2D eigenvalue weighted by Crippen LogP contribution is -2.12. The third-order valence-electron chi connectivity index (χ3n) is 3.38. The van der Waals surface area contributed by atoms with Crippen LogP contribution < -0.4 is 5.73 Å². The zero-order valence-electron chi connectivity index (χ0n) is 10.1. The molecule has 0 atom stereocenters. The lowest BCUT2D eigenvalue weighted by Gasteiger charge is -2.16. The van der Waals surface area contributed by atoms with Crippen LogP contribution in [0.2, 0.25) is 0 Å². The molecule has 0 bridgehead atoms. The van der Waals surface area contributed by atoms with Gasteiger partial charge in [0.15, 0.2) is 0 Å². The van der Waals surface area contributed by atoms with Crippen LogP contribution in [-0.2, 0) is 11.3 Å². The third kappa shape index (κ3) is 3.70. The average Bonchev–Trinajstić information content (AvgIpc) is 2.56. The molecule has 2 N–H and O–H groups in total. The van der Waals surface area contributed by atoms with Crippen molar-refractivity contribution in [3.05, 3.63) is 29.6 Å². The molecule has 1 fully saturated rings. The number of nitrogen functional groups attached to an aromatic ring is 1. The van der Waals surface area contributed by atoms with Crippen molar-refractivity contribution in [2.75, 3.05) is 5.73 Å². The second-order valence-electron chi connectivity index (χ2n) is 4.77. The maximum absolute atomic E-state index is 12.9. The van der Waals surface area contributed by atoms with Crippen molar-refractivity contribution < 1.29 is 9.13 Å². The minimum atomic E-state index is -0.291. The number of ether oxygens (including phenoxy) is 1. The molecule has 94 valence electrons. The van der Waals surface area contributed by atoms with E-state index in [0.717, 1.165) is 18.4 Å². The van der Waals surface area contributed by atoms with Gasteiger partial charge in [-0.15, -0.1) is 0 Å². The summed E-state index contributed by atoms with van der Waals surface area (Å²) in [7, 11) is 0. The van der Waals surface area contributed by atoms with Crippen molar-refractivity contribution in [1.29, 1.82) is 0 Å². The lowest BCUT2D eigenvalue weighted by molar-refractivity contribution is 0.0312. The second-order valence-corrected chi connectivity index (χ2v) is 4.77. The van der Waals surface area contributed by atoms with E-state index >= 15 is 0 Å². The van der Waals surface area contributed by atoms with Gasteiger partial charge in [-0.05, 0) is 25.0 Å². The summed E-state index contributed by atoms with van der Waals surface area (Å²) in [4.78, 5) is 0. The van der Waals surface area contributed by atoms with E-state index in [-0.39, 0.29) is 5.82 Å². The number of benzene rings is 1. The van der Waals surface area contributed by atoms with E-state index in [1.807, 2.05) is 0 Å². The highest BCUT2D eigenvalue weighted by molar-refractivity contribution is 5.46. The molecule has 1 aliphatic rings. The van der Waals surface area contributed by atoms with Gasteiger partial charge in [-0.2, -0.15) is 0 Å². The molecular weight excluding hydrogens is 217 g/mol. The minimum absolute atomic E-state index is 0.291. The van der Waals surface area contributed by atoms with Gasteiger partial charge in [0, 0.05) is 11.3 Å². The molecule has 0 saturated heterocycles. The highest BCUT2D eigenvalue weighted by atomic mass is 19.1. The van der Waals surface area contributed by atoms with Crippen LogP contribution in [0.4, 0.5) is 10.1 Å². The van der Waals surface area contributed by atoms with E-state index in [4.69, 9.17) is 10.5 Å². The molecule has 1 saturated carbocycles. The smallest absolute Gasteiger partial charge is 0.125 e. The Balaban J connectivity index is 1.88. The Morgan fingerprint density at radius 1 is 1.18 bits per heavy atom. The van der Waals surface area contributed by atoms with Gasteiger partial charge in [-0.25, -0.2) is 4.39 Å². The van der Waals surface area contributed by atoms with Gasteiger partial charge in [0.1, 0.15) is 5.82 Å². The van der Waals surface area contributed by atoms with Crippen LogP contribution in [0.5, 0.6) is 0 Å². The van der Waals surface area contributed by atoms with Gasteiger partial charge in [0.25, 0.3) is 0 Å². The Morgan fingerprint density at radius 3 is 2.53 bits per heavy atom. The van der Waals surface area contributed by atoms with E-state index in [0.29, 0.717) is 18.4 Å². The third-order valence-corrected chi connectivity index (χ3v) is 3.38. The van der Waals surface area contributed by atoms with Gasteiger partial charge in [0.05, 0.1) is 12.7 Å². The standard InChI is InChI=1S/C14H20FNO/c15-12-8-7-11(14(16)9-12)10-17-13-5-3-1-2-4-6-13/h7-9,13H,1-6,10,16H2. The van der Waals surface area contributed by atoms with Crippen molar-refractivity contribution in [3.8, 4) is 0 Å². The molecule has 0 aromatic heterocycles. The first-order valence-corrected chi connectivity index (χ1v) is 6.41. The van der Waals surface area contributed by atoms with E-state index in [9.17, 15) is 4.39 Å². The highest BCUT2D eigenvalue weighted by Crippen LogP contribution is 2.22. The van der Waals surface area contributed by atoms with Gasteiger partial charge in [-0.1, -0.05) is 31.7 Å². The number of anilines is 1. The fourth-order valence-corrected chi connectivity index (χ4v) is 2.31. The monoisotopic (exact) mass is 237 g/mol. The van der Waals surface area contributed by atoms with E-state index < -0.39 is 0 Å². The summed E-state index contributed by atoms with van der Waals surface area (Å²) < 4.78 is 18.7. The van der Waals surface area contributed by atoms with Gasteiger partial charge >= 0.3 is 0 Å². The molecular formula is C14H20FNO. The van der Waals surface area contributed by atoms with E-state index in [1.165, 1.54) is 37.8 Å². The van der Waals surface area contributed by atoms with Crippen LogP contribution in [0.1, 0.15) is 44.1 Å². The van der Waals surface area contributed by atoms with E-state index in [2.05, 4.69) is 0 Å². The van der Waals surface area contributed by atoms with Gasteiger partial charge in [0.2, 0.25) is 0 Å². The molecule has 1 aromatic carbocycles. The second kappa shape index (κ2) is 6.01. The molecule has 2 nitrogen and oxygen atoms in total. The van der Waals surface area contributed by atoms with E-state index in [1.54, 1.807) is 6.07 Å². The molecule has 0 heterocycles. The summed E-state index contributed by atoms with van der Waals surface area (Å²) in [6.07, 6.45) is 7.77. The summed E-state index contributed by atoms with van der Waals surface area (Å²) in [5, 5.41) is 0. The first-order chi connectivity index (χ1) is 8.25.